The number of hydrogen-bond acceptors (Lipinski definition) is 5. The number of rotatable bonds is 5. The van der Waals surface area contributed by atoms with E-state index in [0.717, 1.165) is 57.8 Å². The number of nitrogens with zero attached hydrogens (tertiary/aromatic N) is 4. The van der Waals surface area contributed by atoms with Crippen molar-refractivity contribution in [2.24, 2.45) is 0 Å². The number of carbonyl (C=O) groups is 1. The molecule has 3 heterocycles. The molecular weight excluding hydrogens is 390 g/mol. The van der Waals surface area contributed by atoms with Crippen LogP contribution < -0.4 is 10.1 Å². The first-order chi connectivity index (χ1) is 14.6. The second kappa shape index (κ2) is 7.62. The van der Waals surface area contributed by atoms with Gasteiger partial charge in [-0.3, -0.25) is 9.78 Å². The van der Waals surface area contributed by atoms with Gasteiger partial charge < -0.3 is 10.1 Å². The topological polar surface area (TPSA) is 81.9 Å². The highest BCUT2D eigenvalue weighted by molar-refractivity contribution is 6.06. The minimum absolute atomic E-state index is 0.133. The van der Waals surface area contributed by atoms with Crippen molar-refractivity contribution in [3.63, 3.8) is 0 Å². The fourth-order valence-electron chi connectivity index (χ4n) is 4.05. The van der Waals surface area contributed by atoms with Gasteiger partial charge in [0.15, 0.2) is 5.65 Å². The van der Waals surface area contributed by atoms with E-state index in [0.29, 0.717) is 18.0 Å². The fourth-order valence-corrected chi connectivity index (χ4v) is 4.05. The third-order valence-corrected chi connectivity index (χ3v) is 5.87. The van der Waals surface area contributed by atoms with Crippen LogP contribution in [0, 0.1) is 20.8 Å². The molecule has 0 unspecified atom stereocenters. The molecule has 31 heavy (non-hydrogen) atoms. The van der Waals surface area contributed by atoms with Crippen LogP contribution >= 0.6 is 0 Å². The van der Waals surface area contributed by atoms with E-state index in [9.17, 15) is 4.79 Å². The quantitative estimate of drug-likeness (QED) is 0.663. The molecule has 3 aromatic rings. The monoisotopic (exact) mass is 421 g/mol. The molecule has 4 rings (SSSR count). The zero-order valence-corrected chi connectivity index (χ0v) is 19.5. The van der Waals surface area contributed by atoms with Gasteiger partial charge in [0.1, 0.15) is 5.75 Å². The maximum Gasteiger partial charge on any atom is 0.252 e. The fraction of sp³-hybridized carbons (Fsp3) is 0.500. The second-order valence-electron chi connectivity index (χ2n) is 9.46. The zero-order chi connectivity index (χ0) is 22.5. The van der Waals surface area contributed by atoms with Crippen molar-refractivity contribution in [1.29, 1.82) is 0 Å². The molecule has 3 aromatic heterocycles. The first-order valence-corrected chi connectivity index (χ1v) is 10.8. The van der Waals surface area contributed by atoms with Gasteiger partial charge in [0, 0.05) is 28.9 Å². The summed E-state index contributed by atoms with van der Waals surface area (Å²) in [6.07, 6.45) is 4.02. The van der Waals surface area contributed by atoms with E-state index in [4.69, 9.17) is 14.8 Å². The average Bonchev–Trinajstić information content (AvgIpc) is 3.50. The number of aromatic nitrogens is 4. The molecular formula is C24H31N5O2. The Bertz CT molecular complexity index is 1170. The molecule has 1 aliphatic rings. The summed E-state index contributed by atoms with van der Waals surface area (Å²) in [7, 11) is 1.65. The largest absolute Gasteiger partial charge is 0.496 e. The van der Waals surface area contributed by atoms with Crippen molar-refractivity contribution in [2.45, 2.75) is 72.4 Å². The van der Waals surface area contributed by atoms with Crippen LogP contribution in [-0.2, 0) is 12.1 Å². The number of nitrogens with one attached hydrogen (secondary N) is 1. The van der Waals surface area contributed by atoms with E-state index >= 15 is 0 Å². The molecule has 0 atom stereocenters. The number of amides is 1. The molecule has 0 bridgehead atoms. The maximum atomic E-state index is 13.3. The van der Waals surface area contributed by atoms with Gasteiger partial charge in [0.2, 0.25) is 0 Å². The summed E-state index contributed by atoms with van der Waals surface area (Å²) >= 11 is 0. The Hall–Kier alpha value is -2.96. The standard InChI is InChI=1S/C24H31N5O2/c1-13-11-25-19(14(2)21(13)31-7)12-26-23(30)17-10-18(16-8-9-16)27-22-20(17)15(3)28-29(22)24(4,5)6/h10-11,16H,8-9,12H2,1-7H3,(H,26,30). The van der Waals surface area contributed by atoms with Gasteiger partial charge in [-0.05, 0) is 60.5 Å². The van der Waals surface area contributed by atoms with E-state index in [2.05, 4.69) is 31.1 Å². The first kappa shape index (κ1) is 21.3. The highest BCUT2D eigenvalue weighted by atomic mass is 16.5. The predicted octanol–water partition coefficient (Wildman–Crippen LogP) is 4.32. The summed E-state index contributed by atoms with van der Waals surface area (Å²) in [4.78, 5) is 22.8. The van der Waals surface area contributed by atoms with Gasteiger partial charge in [-0.25, -0.2) is 9.67 Å². The van der Waals surface area contributed by atoms with Crippen LogP contribution in [0.1, 0.15) is 78.1 Å². The molecule has 0 aromatic carbocycles. The molecule has 1 saturated carbocycles. The molecule has 164 valence electrons. The predicted molar refractivity (Wildman–Crippen MR) is 121 cm³/mol. The van der Waals surface area contributed by atoms with Gasteiger partial charge >= 0.3 is 0 Å². The van der Waals surface area contributed by atoms with Crippen LogP contribution in [0.3, 0.4) is 0 Å². The lowest BCUT2D eigenvalue weighted by Gasteiger charge is -2.20. The summed E-state index contributed by atoms with van der Waals surface area (Å²) in [6, 6.07) is 1.95. The van der Waals surface area contributed by atoms with Gasteiger partial charge in [-0.15, -0.1) is 0 Å². The third-order valence-electron chi connectivity index (χ3n) is 5.87. The number of pyridine rings is 2. The minimum atomic E-state index is -0.227. The highest BCUT2D eigenvalue weighted by Crippen LogP contribution is 2.41. The molecule has 0 aliphatic heterocycles. The van der Waals surface area contributed by atoms with Gasteiger partial charge in [0.05, 0.1) is 41.5 Å². The molecule has 1 N–H and O–H groups in total. The van der Waals surface area contributed by atoms with Crippen molar-refractivity contribution in [2.75, 3.05) is 7.11 Å². The molecule has 1 amide bonds. The van der Waals surface area contributed by atoms with Crippen LogP contribution in [0.4, 0.5) is 0 Å². The first-order valence-electron chi connectivity index (χ1n) is 10.8. The van der Waals surface area contributed by atoms with Crippen molar-refractivity contribution < 1.29 is 9.53 Å². The molecule has 1 fully saturated rings. The molecule has 7 nitrogen and oxygen atoms in total. The summed E-state index contributed by atoms with van der Waals surface area (Å²) in [5.41, 5.74) is 5.71. The lowest BCUT2D eigenvalue weighted by atomic mass is 10.1. The number of fused-ring (bicyclic) bond motifs is 1. The van der Waals surface area contributed by atoms with Crippen LogP contribution in [0.2, 0.25) is 0 Å². The lowest BCUT2D eigenvalue weighted by molar-refractivity contribution is 0.0951. The van der Waals surface area contributed by atoms with Gasteiger partial charge in [-0.2, -0.15) is 5.10 Å². The normalized spacial score (nSPS) is 14.2. The summed E-state index contributed by atoms with van der Waals surface area (Å²) < 4.78 is 7.43. The Morgan fingerprint density at radius 1 is 1.26 bits per heavy atom. The molecule has 0 saturated heterocycles. The number of carbonyl (C=O) groups excluding carboxylic acids is 1. The molecule has 0 spiro atoms. The van der Waals surface area contributed by atoms with Crippen LogP contribution in [0.25, 0.3) is 11.0 Å². The second-order valence-corrected chi connectivity index (χ2v) is 9.46. The van der Waals surface area contributed by atoms with E-state index in [1.165, 1.54) is 0 Å². The van der Waals surface area contributed by atoms with E-state index in [1.807, 2.05) is 31.5 Å². The van der Waals surface area contributed by atoms with Crippen LogP contribution in [0.15, 0.2) is 12.3 Å². The maximum absolute atomic E-state index is 13.3. The van der Waals surface area contributed by atoms with Gasteiger partial charge in [-0.1, -0.05) is 0 Å². The Kier molecular flexibility index (Phi) is 5.23. The molecule has 7 heteroatoms. The minimum Gasteiger partial charge on any atom is -0.496 e. The number of methoxy groups -OCH3 is 1. The Balaban J connectivity index is 1.72. The van der Waals surface area contributed by atoms with Crippen molar-refractivity contribution in [3.05, 3.63) is 46.0 Å². The van der Waals surface area contributed by atoms with Crippen LogP contribution in [0.5, 0.6) is 5.75 Å². The van der Waals surface area contributed by atoms with E-state index in [-0.39, 0.29) is 11.4 Å². The summed E-state index contributed by atoms with van der Waals surface area (Å²) in [5.74, 6) is 1.11. The van der Waals surface area contributed by atoms with Gasteiger partial charge in [0.25, 0.3) is 5.91 Å². The average molecular weight is 422 g/mol. The highest BCUT2D eigenvalue weighted by Gasteiger charge is 2.30. The molecule has 1 aliphatic carbocycles. The molecule has 0 radical (unpaired) electrons. The Morgan fingerprint density at radius 3 is 2.58 bits per heavy atom. The summed E-state index contributed by atoms with van der Waals surface area (Å²) in [6.45, 7) is 12.5. The van der Waals surface area contributed by atoms with E-state index in [1.54, 1.807) is 13.3 Å². The number of ether oxygens (including phenoxy) is 1. The smallest absolute Gasteiger partial charge is 0.252 e. The lowest BCUT2D eigenvalue weighted by Crippen LogP contribution is -2.25. The van der Waals surface area contributed by atoms with Crippen molar-refractivity contribution >= 4 is 16.9 Å². The summed E-state index contributed by atoms with van der Waals surface area (Å²) in [5, 5.41) is 8.62. The zero-order valence-electron chi connectivity index (χ0n) is 19.5. The van der Waals surface area contributed by atoms with Crippen LogP contribution in [-0.4, -0.2) is 32.8 Å². The van der Waals surface area contributed by atoms with Crippen molar-refractivity contribution in [3.8, 4) is 5.75 Å². The Morgan fingerprint density at radius 2 is 1.97 bits per heavy atom. The number of aryl methyl sites for hydroxylation is 2. The van der Waals surface area contributed by atoms with Crippen molar-refractivity contribution in [1.82, 2.24) is 25.1 Å². The van der Waals surface area contributed by atoms with E-state index < -0.39 is 0 Å². The third kappa shape index (κ3) is 3.89. The Labute approximate surface area is 183 Å². The number of hydrogen-bond donors (Lipinski definition) is 1. The SMILES string of the molecule is COc1c(C)cnc(CNC(=O)c2cc(C3CC3)nc3c2c(C)nn3C(C)(C)C)c1C.